The van der Waals surface area contributed by atoms with Gasteiger partial charge in [0.15, 0.2) is 0 Å². The largest absolute Gasteiger partial charge is 0.330 e. The van der Waals surface area contributed by atoms with Crippen molar-refractivity contribution in [3.63, 3.8) is 0 Å². The number of hydrogen-bond donors (Lipinski definition) is 1. The second-order valence-corrected chi connectivity index (χ2v) is 5.06. The monoisotopic (exact) mass is 265 g/mol. The molecule has 2 N–H and O–H groups in total. The molecule has 0 atom stereocenters. The summed E-state index contributed by atoms with van der Waals surface area (Å²) in [4.78, 5) is 0. The molecular formula is C19H23N. The maximum absolute atomic E-state index is 5.66. The zero-order valence-corrected chi connectivity index (χ0v) is 12.0. The highest BCUT2D eigenvalue weighted by molar-refractivity contribution is 5.82. The van der Waals surface area contributed by atoms with Gasteiger partial charge in [-0.3, -0.25) is 0 Å². The highest BCUT2D eigenvalue weighted by Gasteiger charge is 2.09. The summed E-state index contributed by atoms with van der Waals surface area (Å²) in [7, 11) is 0. The van der Waals surface area contributed by atoms with Crippen molar-refractivity contribution in [2.24, 2.45) is 5.73 Å². The van der Waals surface area contributed by atoms with Crippen molar-refractivity contribution in [1.29, 1.82) is 0 Å². The zero-order valence-electron chi connectivity index (χ0n) is 12.0. The average molecular weight is 265 g/mol. The Morgan fingerprint density at radius 1 is 1.20 bits per heavy atom. The summed E-state index contributed by atoms with van der Waals surface area (Å²) < 4.78 is 0. The van der Waals surface area contributed by atoms with E-state index >= 15 is 0 Å². The lowest BCUT2D eigenvalue weighted by Crippen LogP contribution is -1.99. The second-order valence-electron chi connectivity index (χ2n) is 5.06. The van der Waals surface area contributed by atoms with Gasteiger partial charge in [-0.25, -0.2) is 0 Å². The fourth-order valence-corrected chi connectivity index (χ4v) is 2.49. The van der Waals surface area contributed by atoms with Crippen LogP contribution in [0.4, 0.5) is 0 Å². The van der Waals surface area contributed by atoms with Crippen LogP contribution in [0.5, 0.6) is 0 Å². The third kappa shape index (κ3) is 3.82. The van der Waals surface area contributed by atoms with Gasteiger partial charge in [0.2, 0.25) is 0 Å². The molecule has 0 radical (unpaired) electrons. The molecule has 1 aromatic carbocycles. The fourth-order valence-electron chi connectivity index (χ4n) is 2.49. The summed E-state index contributed by atoms with van der Waals surface area (Å²) >= 11 is 0. The highest BCUT2D eigenvalue weighted by atomic mass is 14.5. The lowest BCUT2D eigenvalue weighted by atomic mass is 9.91. The van der Waals surface area contributed by atoms with Crippen molar-refractivity contribution < 1.29 is 0 Å². The standard InChI is InChI=1S/C19H23N/c1-16-10-5-3-2-4-6-11-17-12-7-8-13-19(17)18(16)14-9-15-20/h2-3,5,7-8,10,12-14H,1,4,6,9,11,15,20H2/b3-2-,10-5-,18-14-. The van der Waals surface area contributed by atoms with Crippen molar-refractivity contribution in [2.75, 3.05) is 6.54 Å². The molecule has 0 bridgehead atoms. The average Bonchev–Trinajstić information content (AvgIpc) is 2.50. The summed E-state index contributed by atoms with van der Waals surface area (Å²) in [6.07, 6.45) is 15.0. The minimum atomic E-state index is 0.669. The fraction of sp³-hybridized carbons (Fsp3) is 0.263. The van der Waals surface area contributed by atoms with Crippen LogP contribution in [-0.4, -0.2) is 6.54 Å². The third-order valence-electron chi connectivity index (χ3n) is 3.53. The van der Waals surface area contributed by atoms with Crippen LogP contribution in [0.15, 0.2) is 66.8 Å². The van der Waals surface area contributed by atoms with Crippen molar-refractivity contribution in [2.45, 2.75) is 25.7 Å². The smallest absolute Gasteiger partial charge is 0.00423 e. The molecule has 2 rings (SSSR count). The van der Waals surface area contributed by atoms with Crippen LogP contribution in [0.2, 0.25) is 0 Å². The normalized spacial score (nSPS) is 21.1. The number of hydrogen-bond acceptors (Lipinski definition) is 1. The Morgan fingerprint density at radius 2 is 2.05 bits per heavy atom. The van der Waals surface area contributed by atoms with Gasteiger partial charge < -0.3 is 5.73 Å². The molecule has 20 heavy (non-hydrogen) atoms. The molecule has 1 aromatic rings. The van der Waals surface area contributed by atoms with Gasteiger partial charge in [0, 0.05) is 0 Å². The van der Waals surface area contributed by atoms with Crippen LogP contribution in [-0.2, 0) is 6.42 Å². The molecule has 1 heteroatoms. The molecule has 1 nitrogen and oxygen atoms in total. The lowest BCUT2D eigenvalue weighted by Gasteiger charge is -2.13. The molecule has 0 heterocycles. The van der Waals surface area contributed by atoms with E-state index in [0.717, 1.165) is 24.8 Å². The quantitative estimate of drug-likeness (QED) is 0.841. The Labute approximate surface area is 122 Å². The van der Waals surface area contributed by atoms with Crippen molar-refractivity contribution in [3.8, 4) is 0 Å². The topological polar surface area (TPSA) is 26.0 Å². The van der Waals surface area contributed by atoms with Crippen LogP contribution in [0.1, 0.15) is 30.4 Å². The first-order valence-corrected chi connectivity index (χ1v) is 7.34. The van der Waals surface area contributed by atoms with Crippen molar-refractivity contribution in [3.05, 3.63) is 77.9 Å². The van der Waals surface area contributed by atoms with E-state index in [2.05, 4.69) is 61.2 Å². The minimum Gasteiger partial charge on any atom is -0.330 e. The van der Waals surface area contributed by atoms with Gasteiger partial charge >= 0.3 is 0 Å². The van der Waals surface area contributed by atoms with Crippen LogP contribution < -0.4 is 5.73 Å². The number of aryl methyl sites for hydroxylation is 1. The maximum atomic E-state index is 5.66. The van der Waals surface area contributed by atoms with E-state index in [1.165, 1.54) is 23.1 Å². The number of nitrogens with two attached hydrogens (primary N) is 1. The summed E-state index contributed by atoms with van der Waals surface area (Å²) in [5.74, 6) is 0. The molecule has 1 aliphatic rings. The highest BCUT2D eigenvalue weighted by Crippen LogP contribution is 2.28. The molecule has 0 aromatic heterocycles. The van der Waals surface area contributed by atoms with Gasteiger partial charge in [-0.1, -0.05) is 61.2 Å². The Morgan fingerprint density at radius 3 is 2.90 bits per heavy atom. The Kier molecular flexibility index (Phi) is 5.57. The number of rotatable bonds is 2. The molecule has 0 saturated carbocycles. The van der Waals surface area contributed by atoms with E-state index in [1.54, 1.807) is 0 Å². The molecule has 104 valence electrons. The summed E-state index contributed by atoms with van der Waals surface area (Å²) in [6, 6.07) is 8.64. The number of fused-ring (bicyclic) bond motifs is 1. The van der Waals surface area contributed by atoms with Gasteiger partial charge in [0.1, 0.15) is 0 Å². The SMILES string of the molecule is C=C1/C=C\C=C/CCCc2ccccc2/C1=C\CCN. The summed E-state index contributed by atoms with van der Waals surface area (Å²) in [5.41, 5.74) is 10.6. The molecular weight excluding hydrogens is 242 g/mol. The van der Waals surface area contributed by atoms with E-state index in [4.69, 9.17) is 5.73 Å². The van der Waals surface area contributed by atoms with Crippen LogP contribution in [0.3, 0.4) is 0 Å². The maximum Gasteiger partial charge on any atom is -0.00423 e. The van der Waals surface area contributed by atoms with E-state index in [9.17, 15) is 0 Å². The van der Waals surface area contributed by atoms with Crippen LogP contribution >= 0.6 is 0 Å². The van der Waals surface area contributed by atoms with Crippen LogP contribution in [0.25, 0.3) is 5.57 Å². The predicted octanol–water partition coefficient (Wildman–Crippen LogP) is 4.42. The molecule has 1 aliphatic carbocycles. The molecule has 0 unspecified atom stereocenters. The predicted molar refractivity (Wildman–Crippen MR) is 88.4 cm³/mol. The first kappa shape index (κ1) is 14.5. The Hall–Kier alpha value is -1.86. The van der Waals surface area contributed by atoms with Crippen molar-refractivity contribution in [1.82, 2.24) is 0 Å². The second kappa shape index (κ2) is 7.66. The van der Waals surface area contributed by atoms with Crippen molar-refractivity contribution >= 4 is 5.57 Å². The number of allylic oxidation sites excluding steroid dienone is 6. The molecule has 0 amide bonds. The van der Waals surface area contributed by atoms with E-state index in [1.807, 2.05) is 0 Å². The van der Waals surface area contributed by atoms with Gasteiger partial charge in [0.05, 0.1) is 0 Å². The first-order chi connectivity index (χ1) is 9.83. The third-order valence-corrected chi connectivity index (χ3v) is 3.53. The Balaban J connectivity index is 2.46. The summed E-state index contributed by atoms with van der Waals surface area (Å²) in [6.45, 7) is 4.89. The number of benzene rings is 1. The molecule has 0 fully saturated rings. The van der Waals surface area contributed by atoms with E-state index < -0.39 is 0 Å². The molecule has 0 spiro atoms. The zero-order chi connectivity index (χ0) is 14.2. The van der Waals surface area contributed by atoms with Gasteiger partial charge in [0.25, 0.3) is 0 Å². The van der Waals surface area contributed by atoms with Gasteiger partial charge in [-0.15, -0.1) is 0 Å². The Bertz CT molecular complexity index is 547. The van der Waals surface area contributed by atoms with E-state index in [-0.39, 0.29) is 0 Å². The van der Waals surface area contributed by atoms with E-state index in [0.29, 0.717) is 6.54 Å². The van der Waals surface area contributed by atoms with Gasteiger partial charge in [-0.05, 0) is 54.5 Å². The van der Waals surface area contributed by atoms with Gasteiger partial charge in [-0.2, -0.15) is 0 Å². The lowest BCUT2D eigenvalue weighted by molar-refractivity contribution is 0.841. The minimum absolute atomic E-state index is 0.669. The summed E-state index contributed by atoms with van der Waals surface area (Å²) in [5, 5.41) is 0. The van der Waals surface area contributed by atoms with Crippen LogP contribution in [0, 0.1) is 0 Å². The first-order valence-electron chi connectivity index (χ1n) is 7.34. The molecule has 0 aliphatic heterocycles. The molecule has 0 saturated heterocycles.